The average Bonchev–Trinajstić information content (AvgIpc) is 2.41. The molecule has 0 aliphatic rings. The zero-order chi connectivity index (χ0) is 13.8. The van der Waals surface area contributed by atoms with E-state index in [2.05, 4.69) is 0 Å². The SMILES string of the molecule is Cc1ccc(SC(=O)c2cccc([N+](=O)[O-])c2)cc1. The highest BCUT2D eigenvalue weighted by atomic mass is 32.2. The minimum Gasteiger partial charge on any atom is -0.281 e. The fraction of sp³-hybridized carbons (Fsp3) is 0.0714. The van der Waals surface area contributed by atoms with Crippen molar-refractivity contribution in [2.45, 2.75) is 11.8 Å². The van der Waals surface area contributed by atoms with Crippen LogP contribution in [0, 0.1) is 17.0 Å². The van der Waals surface area contributed by atoms with E-state index in [0.29, 0.717) is 5.56 Å². The maximum Gasteiger partial charge on any atom is 0.270 e. The van der Waals surface area contributed by atoms with Crippen molar-refractivity contribution in [3.8, 4) is 0 Å². The Bertz CT molecular complexity index is 623. The summed E-state index contributed by atoms with van der Waals surface area (Å²) in [5.41, 5.74) is 1.38. The molecule has 0 fully saturated rings. The summed E-state index contributed by atoms with van der Waals surface area (Å²) in [6.45, 7) is 1.97. The summed E-state index contributed by atoms with van der Waals surface area (Å²) in [6.07, 6.45) is 0. The minimum absolute atomic E-state index is 0.0737. The molecule has 0 N–H and O–H groups in total. The van der Waals surface area contributed by atoms with Gasteiger partial charge < -0.3 is 0 Å². The van der Waals surface area contributed by atoms with E-state index in [1.807, 2.05) is 31.2 Å². The highest BCUT2D eigenvalue weighted by molar-refractivity contribution is 8.14. The Morgan fingerprint density at radius 2 is 1.84 bits per heavy atom. The first-order valence-electron chi connectivity index (χ1n) is 5.59. The number of carbonyl (C=O) groups is 1. The van der Waals surface area contributed by atoms with E-state index in [0.717, 1.165) is 22.2 Å². The Kier molecular flexibility index (Phi) is 3.97. The van der Waals surface area contributed by atoms with Crippen molar-refractivity contribution in [2.24, 2.45) is 0 Å². The van der Waals surface area contributed by atoms with E-state index in [-0.39, 0.29) is 10.8 Å². The number of thioether (sulfide) groups is 1. The van der Waals surface area contributed by atoms with Crippen molar-refractivity contribution >= 4 is 22.6 Å². The van der Waals surface area contributed by atoms with Gasteiger partial charge in [-0.15, -0.1) is 0 Å². The van der Waals surface area contributed by atoms with Gasteiger partial charge in [0.05, 0.1) is 4.92 Å². The number of carbonyl (C=O) groups excluding carboxylic acids is 1. The summed E-state index contributed by atoms with van der Waals surface area (Å²) in [4.78, 5) is 23.0. The lowest BCUT2D eigenvalue weighted by atomic mass is 10.2. The Morgan fingerprint density at radius 3 is 2.47 bits per heavy atom. The first-order valence-corrected chi connectivity index (χ1v) is 6.41. The molecule has 2 rings (SSSR count). The van der Waals surface area contributed by atoms with Crippen LogP contribution in [0.3, 0.4) is 0 Å². The molecule has 2 aromatic rings. The molecule has 19 heavy (non-hydrogen) atoms. The third-order valence-corrected chi connectivity index (χ3v) is 3.45. The van der Waals surface area contributed by atoms with E-state index < -0.39 is 4.92 Å². The number of nitro groups is 1. The van der Waals surface area contributed by atoms with Gasteiger partial charge in [0.15, 0.2) is 0 Å². The van der Waals surface area contributed by atoms with E-state index in [1.165, 1.54) is 18.2 Å². The molecule has 0 aromatic heterocycles. The largest absolute Gasteiger partial charge is 0.281 e. The monoisotopic (exact) mass is 273 g/mol. The van der Waals surface area contributed by atoms with Crippen molar-refractivity contribution < 1.29 is 9.72 Å². The lowest BCUT2D eigenvalue weighted by molar-refractivity contribution is -0.384. The van der Waals surface area contributed by atoms with Crippen LogP contribution in [0.2, 0.25) is 0 Å². The number of nitro benzene ring substituents is 1. The standard InChI is InChI=1S/C14H11NO3S/c1-10-5-7-13(8-6-10)19-14(16)11-3-2-4-12(9-11)15(17)18/h2-9H,1H3. The molecule has 0 unspecified atom stereocenters. The van der Waals surface area contributed by atoms with Gasteiger partial charge >= 0.3 is 0 Å². The molecule has 0 heterocycles. The molecule has 2 aromatic carbocycles. The fourth-order valence-electron chi connectivity index (χ4n) is 1.52. The first-order chi connectivity index (χ1) is 9.06. The van der Waals surface area contributed by atoms with Crippen LogP contribution >= 0.6 is 11.8 Å². The normalized spacial score (nSPS) is 10.2. The van der Waals surface area contributed by atoms with Gasteiger partial charge in [0.2, 0.25) is 5.12 Å². The second kappa shape index (κ2) is 5.67. The van der Waals surface area contributed by atoms with Crippen molar-refractivity contribution in [1.29, 1.82) is 0 Å². The highest BCUT2D eigenvalue weighted by Crippen LogP contribution is 2.24. The van der Waals surface area contributed by atoms with Crippen LogP contribution in [0.4, 0.5) is 5.69 Å². The molecule has 0 bridgehead atoms. The molecule has 0 spiro atoms. The fourth-order valence-corrected chi connectivity index (χ4v) is 2.25. The van der Waals surface area contributed by atoms with Crippen molar-refractivity contribution in [3.63, 3.8) is 0 Å². The molecule has 0 aliphatic heterocycles. The number of non-ortho nitro benzene ring substituents is 1. The van der Waals surface area contributed by atoms with Gasteiger partial charge in [-0.2, -0.15) is 0 Å². The Balaban J connectivity index is 2.18. The van der Waals surface area contributed by atoms with E-state index in [9.17, 15) is 14.9 Å². The van der Waals surface area contributed by atoms with Gasteiger partial charge in [-0.3, -0.25) is 14.9 Å². The molecule has 0 saturated heterocycles. The summed E-state index contributed by atoms with van der Waals surface area (Å²) in [5, 5.41) is 10.5. The van der Waals surface area contributed by atoms with Crippen LogP contribution < -0.4 is 0 Å². The van der Waals surface area contributed by atoms with Crippen LogP contribution in [-0.4, -0.2) is 10.0 Å². The Labute approximate surface area is 114 Å². The van der Waals surface area contributed by atoms with Crippen molar-refractivity contribution in [3.05, 3.63) is 69.8 Å². The molecule has 0 saturated carbocycles. The van der Waals surface area contributed by atoms with Gasteiger partial charge in [0.25, 0.3) is 5.69 Å². The molecule has 96 valence electrons. The lowest BCUT2D eigenvalue weighted by Gasteiger charge is -2.01. The highest BCUT2D eigenvalue weighted by Gasteiger charge is 2.12. The van der Waals surface area contributed by atoms with Crippen LogP contribution in [0.1, 0.15) is 15.9 Å². The third kappa shape index (κ3) is 3.42. The zero-order valence-corrected chi connectivity index (χ0v) is 11.0. The maximum absolute atomic E-state index is 12.0. The molecule has 5 heteroatoms. The molecule has 4 nitrogen and oxygen atoms in total. The van der Waals surface area contributed by atoms with Crippen LogP contribution in [0.15, 0.2) is 53.4 Å². The zero-order valence-electron chi connectivity index (χ0n) is 10.2. The predicted octanol–water partition coefficient (Wildman–Crippen LogP) is 3.84. The summed E-state index contributed by atoms with van der Waals surface area (Å²) >= 11 is 1.06. The molecular weight excluding hydrogens is 262 g/mol. The van der Waals surface area contributed by atoms with Gasteiger partial charge in [-0.05, 0) is 36.9 Å². The second-order valence-electron chi connectivity index (χ2n) is 4.01. The smallest absolute Gasteiger partial charge is 0.270 e. The van der Waals surface area contributed by atoms with Crippen LogP contribution in [0.5, 0.6) is 0 Å². The summed E-state index contributed by atoms with van der Waals surface area (Å²) < 4.78 is 0. The Morgan fingerprint density at radius 1 is 1.16 bits per heavy atom. The minimum atomic E-state index is -0.507. The number of benzene rings is 2. The molecule has 0 atom stereocenters. The van der Waals surface area contributed by atoms with Crippen molar-refractivity contribution in [2.75, 3.05) is 0 Å². The van der Waals surface area contributed by atoms with Gasteiger partial charge in [-0.25, -0.2) is 0 Å². The molecule has 0 radical (unpaired) electrons. The molecular formula is C14H11NO3S. The third-order valence-electron chi connectivity index (χ3n) is 2.52. The number of aryl methyl sites for hydroxylation is 1. The summed E-state index contributed by atoms with van der Waals surface area (Å²) in [6, 6.07) is 13.3. The van der Waals surface area contributed by atoms with Crippen LogP contribution in [0.25, 0.3) is 0 Å². The number of hydrogen-bond acceptors (Lipinski definition) is 4. The number of nitrogens with zero attached hydrogens (tertiary/aromatic N) is 1. The van der Waals surface area contributed by atoms with E-state index in [1.54, 1.807) is 6.07 Å². The quantitative estimate of drug-likeness (QED) is 0.484. The Hall–Kier alpha value is -2.14. The summed E-state index contributed by atoms with van der Waals surface area (Å²) in [5.74, 6) is 0. The lowest BCUT2D eigenvalue weighted by Crippen LogP contribution is -1.95. The average molecular weight is 273 g/mol. The van der Waals surface area contributed by atoms with Gasteiger partial charge in [0, 0.05) is 22.6 Å². The topological polar surface area (TPSA) is 60.2 Å². The van der Waals surface area contributed by atoms with Crippen LogP contribution in [-0.2, 0) is 0 Å². The maximum atomic E-state index is 12.0. The van der Waals surface area contributed by atoms with Gasteiger partial charge in [-0.1, -0.05) is 23.8 Å². The number of rotatable bonds is 3. The second-order valence-corrected chi connectivity index (χ2v) is 5.06. The molecule has 0 amide bonds. The number of hydrogen-bond donors (Lipinski definition) is 0. The van der Waals surface area contributed by atoms with E-state index >= 15 is 0 Å². The molecule has 0 aliphatic carbocycles. The predicted molar refractivity (Wildman–Crippen MR) is 74.5 cm³/mol. The van der Waals surface area contributed by atoms with Crippen molar-refractivity contribution in [1.82, 2.24) is 0 Å². The van der Waals surface area contributed by atoms with E-state index in [4.69, 9.17) is 0 Å². The van der Waals surface area contributed by atoms with Gasteiger partial charge in [0.1, 0.15) is 0 Å². The summed E-state index contributed by atoms with van der Waals surface area (Å²) in [7, 11) is 0. The first kappa shape index (κ1) is 13.3.